The molecule has 1 N–H and O–H groups in total. The summed E-state index contributed by atoms with van der Waals surface area (Å²) in [7, 11) is -4.62. The molecule has 9 nitrogen and oxygen atoms in total. The summed E-state index contributed by atoms with van der Waals surface area (Å²) in [4.78, 5) is 23.3. The zero-order valence-corrected chi connectivity index (χ0v) is 21.9. The molecule has 0 radical (unpaired) electrons. The highest BCUT2D eigenvalue weighted by Crippen LogP contribution is 2.40. The Morgan fingerprint density at radius 3 is 2.51 bits per heavy atom. The zero-order chi connectivity index (χ0) is 25.5. The summed E-state index contributed by atoms with van der Waals surface area (Å²) in [6, 6.07) is 11.6. The van der Waals surface area contributed by atoms with E-state index in [1.165, 1.54) is 18.1 Å². The van der Waals surface area contributed by atoms with Crippen LogP contribution in [0.15, 0.2) is 53.6 Å². The van der Waals surface area contributed by atoms with Gasteiger partial charge in [-0.25, -0.2) is 13.4 Å². The van der Waals surface area contributed by atoms with E-state index in [0.29, 0.717) is 28.1 Å². The number of anilines is 4. The summed E-state index contributed by atoms with van der Waals surface area (Å²) in [5.41, 5.74) is 1.42. The van der Waals surface area contributed by atoms with E-state index in [-0.39, 0.29) is 28.9 Å². The lowest BCUT2D eigenvalue weighted by Gasteiger charge is -2.21. The third-order valence-corrected chi connectivity index (χ3v) is 9.45. The van der Waals surface area contributed by atoms with Crippen molar-refractivity contribution >= 4 is 51.3 Å². The smallest absolute Gasteiger partial charge is 0.237 e. The van der Waals surface area contributed by atoms with Gasteiger partial charge in [-0.3, -0.25) is 9.69 Å². The third-order valence-electron chi connectivity index (χ3n) is 5.73. The van der Waals surface area contributed by atoms with Crippen molar-refractivity contribution in [3.63, 3.8) is 0 Å². The van der Waals surface area contributed by atoms with Gasteiger partial charge >= 0.3 is 0 Å². The van der Waals surface area contributed by atoms with Crippen LogP contribution in [0.5, 0.6) is 5.75 Å². The van der Waals surface area contributed by atoms with E-state index in [1.807, 2.05) is 0 Å². The molecule has 35 heavy (non-hydrogen) atoms. The van der Waals surface area contributed by atoms with E-state index < -0.39 is 22.2 Å². The summed E-state index contributed by atoms with van der Waals surface area (Å²) in [6.45, 7) is 6.57. The fourth-order valence-corrected chi connectivity index (χ4v) is 5.85. The highest BCUT2D eigenvalue weighted by molar-refractivity contribution is 7.92. The normalized spacial score (nSPS) is 13.8. The second-order valence-electron chi connectivity index (χ2n) is 8.87. The Hall–Kier alpha value is -3.23. The Balaban J connectivity index is 1.75. The number of carbonyl (C=O) groups excluding carboxylic acids is 1. The lowest BCUT2D eigenvalue weighted by molar-refractivity contribution is -0.116. The number of para-hydroxylation sites is 1. The molecule has 1 amide bonds. The predicted octanol–water partition coefficient (Wildman–Crippen LogP) is 3.88. The topological polar surface area (TPSA) is 119 Å². The Morgan fingerprint density at radius 1 is 1.14 bits per heavy atom. The van der Waals surface area contributed by atoms with Crippen molar-refractivity contribution in [3.05, 3.63) is 54.2 Å². The molecule has 1 aromatic heterocycles. The van der Waals surface area contributed by atoms with Gasteiger partial charge in [-0.2, -0.15) is 4.98 Å². The molecular formula is C24H27N4O5PS. The molecule has 2 heterocycles. The first-order chi connectivity index (χ1) is 16.4. The second kappa shape index (κ2) is 9.09. The fourth-order valence-electron chi connectivity index (χ4n) is 3.76. The van der Waals surface area contributed by atoms with Crippen molar-refractivity contribution in [3.8, 4) is 5.75 Å². The SMILES string of the molecule is COc1cc(P(C)(C)=O)ccc1Nc1ncc2c(n1)N(c1ccccc1S(=O)(=O)C(C)C)C(=O)C2. The van der Waals surface area contributed by atoms with Crippen LogP contribution < -0.4 is 20.3 Å². The molecule has 4 rings (SSSR count). The van der Waals surface area contributed by atoms with Crippen LogP contribution in [0.4, 0.5) is 23.1 Å². The number of methoxy groups -OCH3 is 1. The molecule has 184 valence electrons. The Bertz CT molecular complexity index is 1470. The first-order valence-corrected chi connectivity index (χ1v) is 15.1. The molecule has 0 spiro atoms. The molecule has 0 atom stereocenters. The number of sulfone groups is 1. The van der Waals surface area contributed by atoms with E-state index in [9.17, 15) is 17.8 Å². The highest BCUT2D eigenvalue weighted by atomic mass is 32.2. The number of aromatic nitrogens is 2. The van der Waals surface area contributed by atoms with E-state index in [0.717, 1.165) is 0 Å². The molecule has 0 saturated heterocycles. The number of fused-ring (bicyclic) bond motifs is 1. The maximum absolute atomic E-state index is 13.0. The van der Waals surface area contributed by atoms with Crippen molar-refractivity contribution < 1.29 is 22.5 Å². The quantitative estimate of drug-likeness (QED) is 0.472. The van der Waals surface area contributed by atoms with Crippen molar-refractivity contribution in [2.45, 2.75) is 30.4 Å². The van der Waals surface area contributed by atoms with Gasteiger partial charge in [0.2, 0.25) is 11.9 Å². The monoisotopic (exact) mass is 514 g/mol. The number of benzene rings is 2. The van der Waals surface area contributed by atoms with Gasteiger partial charge in [-0.05, 0) is 57.5 Å². The average Bonchev–Trinajstić information content (AvgIpc) is 3.13. The summed E-state index contributed by atoms with van der Waals surface area (Å²) in [5.74, 6) is 0.703. The Kier molecular flexibility index (Phi) is 6.46. The van der Waals surface area contributed by atoms with Gasteiger partial charge in [0.25, 0.3) is 0 Å². The average molecular weight is 515 g/mol. The minimum absolute atomic E-state index is 0.0615. The fraction of sp³-hybridized carbons (Fsp3) is 0.292. The van der Waals surface area contributed by atoms with Gasteiger partial charge in [0.05, 0.1) is 35.1 Å². The van der Waals surface area contributed by atoms with E-state index in [4.69, 9.17) is 4.74 Å². The molecule has 11 heteroatoms. The minimum atomic E-state index is -3.65. The standard InChI is InChI=1S/C24H27N4O5PS/c1-15(2)35(31,32)21-9-7-6-8-19(21)28-22(29)12-16-14-25-24(27-23(16)28)26-18-11-10-17(34(4,5)30)13-20(18)33-3/h6-11,13-15H,12H2,1-5H3,(H,25,26,27). The molecule has 1 aliphatic rings. The molecule has 0 saturated carbocycles. The van der Waals surface area contributed by atoms with Crippen LogP contribution in [0, 0.1) is 0 Å². The van der Waals surface area contributed by atoms with Crippen LogP contribution in [0.2, 0.25) is 0 Å². The number of nitrogens with one attached hydrogen (secondary N) is 1. The number of ether oxygens (including phenoxy) is 1. The summed E-state index contributed by atoms with van der Waals surface area (Å²) < 4.78 is 43.9. The van der Waals surface area contributed by atoms with Crippen molar-refractivity contribution in [2.24, 2.45) is 0 Å². The number of carbonyl (C=O) groups is 1. The van der Waals surface area contributed by atoms with Crippen molar-refractivity contribution in [1.82, 2.24) is 9.97 Å². The molecule has 0 aliphatic carbocycles. The summed E-state index contributed by atoms with van der Waals surface area (Å²) in [6.07, 6.45) is 1.61. The molecular weight excluding hydrogens is 487 g/mol. The molecule has 0 bridgehead atoms. The summed E-state index contributed by atoms with van der Waals surface area (Å²) >= 11 is 0. The van der Waals surface area contributed by atoms with E-state index in [2.05, 4.69) is 15.3 Å². The number of nitrogens with zero attached hydrogens (tertiary/aromatic N) is 3. The van der Waals surface area contributed by atoms with Crippen LogP contribution in [0.25, 0.3) is 0 Å². The molecule has 3 aromatic rings. The van der Waals surface area contributed by atoms with Crippen LogP contribution >= 0.6 is 7.14 Å². The van der Waals surface area contributed by atoms with Crippen molar-refractivity contribution in [1.29, 1.82) is 0 Å². The first-order valence-electron chi connectivity index (χ1n) is 11.0. The lowest BCUT2D eigenvalue weighted by Crippen LogP contribution is -2.25. The largest absolute Gasteiger partial charge is 0.495 e. The maximum Gasteiger partial charge on any atom is 0.237 e. The third kappa shape index (κ3) is 4.68. The predicted molar refractivity (Wildman–Crippen MR) is 137 cm³/mol. The van der Waals surface area contributed by atoms with Gasteiger partial charge < -0.3 is 14.6 Å². The van der Waals surface area contributed by atoms with Gasteiger partial charge in [0.1, 0.15) is 18.7 Å². The van der Waals surface area contributed by atoms with Crippen LogP contribution in [0.1, 0.15) is 19.4 Å². The number of rotatable bonds is 7. The zero-order valence-electron chi connectivity index (χ0n) is 20.1. The molecule has 0 unspecified atom stereocenters. The Labute approximate surface area is 204 Å². The van der Waals surface area contributed by atoms with Gasteiger partial charge in [-0.15, -0.1) is 0 Å². The van der Waals surface area contributed by atoms with E-state index >= 15 is 0 Å². The van der Waals surface area contributed by atoms with Gasteiger partial charge in [0.15, 0.2) is 9.84 Å². The van der Waals surface area contributed by atoms with Crippen LogP contribution in [0.3, 0.4) is 0 Å². The molecule has 1 aliphatic heterocycles. The van der Waals surface area contributed by atoms with Crippen molar-refractivity contribution in [2.75, 3.05) is 30.7 Å². The number of hydrogen-bond donors (Lipinski definition) is 1. The van der Waals surface area contributed by atoms with Crippen LogP contribution in [-0.2, 0) is 25.6 Å². The Morgan fingerprint density at radius 2 is 1.86 bits per heavy atom. The maximum atomic E-state index is 13.0. The highest BCUT2D eigenvalue weighted by Gasteiger charge is 2.35. The van der Waals surface area contributed by atoms with Crippen LogP contribution in [-0.4, -0.2) is 50.0 Å². The van der Waals surface area contributed by atoms with Gasteiger partial charge in [-0.1, -0.05) is 12.1 Å². The second-order valence-corrected chi connectivity index (χ2v) is 14.6. The van der Waals surface area contributed by atoms with E-state index in [1.54, 1.807) is 69.8 Å². The first kappa shape index (κ1) is 24.9. The molecule has 0 fully saturated rings. The van der Waals surface area contributed by atoms with Gasteiger partial charge in [0, 0.05) is 17.1 Å². The number of hydrogen-bond acceptors (Lipinski definition) is 8. The molecule has 2 aromatic carbocycles. The number of amides is 1. The summed E-state index contributed by atoms with van der Waals surface area (Å²) in [5, 5.41) is 3.11. The lowest BCUT2D eigenvalue weighted by atomic mass is 10.2. The minimum Gasteiger partial charge on any atom is -0.495 e.